The minimum Gasteiger partial charge on any atom is -0.457 e. The molecule has 0 atom stereocenters. The van der Waals surface area contributed by atoms with Crippen LogP contribution in [0.3, 0.4) is 0 Å². The summed E-state index contributed by atoms with van der Waals surface area (Å²) < 4.78 is 38.2. The second kappa shape index (κ2) is 10.9. The number of esters is 1. The van der Waals surface area contributed by atoms with E-state index in [1.807, 2.05) is 18.2 Å². The lowest BCUT2D eigenvalue weighted by atomic mass is 10.1. The fraction of sp³-hybridized carbons (Fsp3) is 0.308. The molecule has 0 bridgehead atoms. The number of ether oxygens (including phenoxy) is 2. The highest BCUT2D eigenvalue weighted by atomic mass is 32.2. The minimum atomic E-state index is -3.71. The number of rotatable bonds is 8. The van der Waals surface area contributed by atoms with E-state index < -0.39 is 16.0 Å². The Kier molecular flexibility index (Phi) is 7.67. The molecule has 1 saturated heterocycles. The van der Waals surface area contributed by atoms with E-state index in [2.05, 4.69) is 9.88 Å². The second-order valence-electron chi connectivity index (χ2n) is 8.49. The van der Waals surface area contributed by atoms with Crippen LogP contribution in [0, 0.1) is 0 Å². The summed E-state index contributed by atoms with van der Waals surface area (Å²) >= 11 is 0. The molecule has 4 rings (SSSR count). The number of benzene rings is 2. The number of sulfonamides is 1. The molecule has 9 heteroatoms. The van der Waals surface area contributed by atoms with Crippen LogP contribution in [-0.2, 0) is 21.4 Å². The molecule has 35 heavy (non-hydrogen) atoms. The third-order valence-electron chi connectivity index (χ3n) is 5.86. The maximum absolute atomic E-state index is 13.3. The molecule has 0 amide bonds. The molecular weight excluding hydrogens is 466 g/mol. The molecule has 1 aliphatic rings. The van der Waals surface area contributed by atoms with Crippen LogP contribution in [0.4, 0.5) is 5.69 Å². The van der Waals surface area contributed by atoms with E-state index in [4.69, 9.17) is 9.47 Å². The zero-order chi connectivity index (χ0) is 24.8. The molecule has 0 saturated carbocycles. The first-order valence-corrected chi connectivity index (χ1v) is 12.9. The van der Waals surface area contributed by atoms with Crippen LogP contribution in [0.2, 0.25) is 0 Å². The lowest BCUT2D eigenvalue weighted by Gasteiger charge is -2.30. The maximum Gasteiger partial charge on any atom is 0.340 e. The van der Waals surface area contributed by atoms with Crippen molar-refractivity contribution in [1.82, 2.24) is 9.29 Å². The summed E-state index contributed by atoms with van der Waals surface area (Å²) in [6, 6.07) is 15.5. The van der Waals surface area contributed by atoms with Gasteiger partial charge >= 0.3 is 5.97 Å². The van der Waals surface area contributed by atoms with Gasteiger partial charge in [0.1, 0.15) is 18.1 Å². The molecule has 0 spiro atoms. The molecule has 1 fully saturated rings. The van der Waals surface area contributed by atoms with Gasteiger partial charge in [0.25, 0.3) is 0 Å². The molecule has 0 radical (unpaired) electrons. The van der Waals surface area contributed by atoms with Gasteiger partial charge in [-0.3, -0.25) is 4.98 Å². The molecular formula is C26H29N3O5S. The SMILES string of the molecule is CN(C)S(=O)(=O)c1ccc(N2CCCCC2)c(C(=O)OCc2ccccc2Oc2cccnc2)c1. The van der Waals surface area contributed by atoms with Gasteiger partial charge in [0, 0.05) is 38.9 Å². The van der Waals surface area contributed by atoms with E-state index in [1.54, 1.807) is 42.7 Å². The van der Waals surface area contributed by atoms with Crippen molar-refractivity contribution in [2.24, 2.45) is 0 Å². The number of anilines is 1. The molecule has 0 N–H and O–H groups in total. The topological polar surface area (TPSA) is 89.0 Å². The van der Waals surface area contributed by atoms with Crippen molar-refractivity contribution in [3.05, 3.63) is 78.1 Å². The summed E-state index contributed by atoms with van der Waals surface area (Å²) in [6.45, 7) is 1.59. The highest BCUT2D eigenvalue weighted by Gasteiger charge is 2.25. The second-order valence-corrected chi connectivity index (χ2v) is 10.6. The number of carbonyl (C=O) groups excluding carboxylic acids is 1. The Morgan fingerprint density at radius 3 is 2.51 bits per heavy atom. The summed E-state index contributed by atoms with van der Waals surface area (Å²) in [5.41, 5.74) is 1.61. The Morgan fingerprint density at radius 1 is 1.03 bits per heavy atom. The number of hydrogen-bond acceptors (Lipinski definition) is 7. The van der Waals surface area contributed by atoms with Gasteiger partial charge in [-0.1, -0.05) is 18.2 Å². The van der Waals surface area contributed by atoms with Gasteiger partial charge in [-0.05, 0) is 55.7 Å². The van der Waals surface area contributed by atoms with Crippen LogP contribution in [0.5, 0.6) is 11.5 Å². The average Bonchev–Trinajstić information content (AvgIpc) is 2.88. The number of para-hydroxylation sites is 1. The molecule has 8 nitrogen and oxygen atoms in total. The van der Waals surface area contributed by atoms with Gasteiger partial charge in [-0.25, -0.2) is 17.5 Å². The summed E-state index contributed by atoms with van der Waals surface area (Å²) in [7, 11) is -0.781. The van der Waals surface area contributed by atoms with E-state index in [0.717, 1.165) is 36.7 Å². The van der Waals surface area contributed by atoms with Crippen LogP contribution in [0.15, 0.2) is 71.9 Å². The van der Waals surface area contributed by atoms with Gasteiger partial charge in [-0.15, -0.1) is 0 Å². The molecule has 1 aliphatic heterocycles. The molecule has 2 aromatic carbocycles. The zero-order valence-corrected chi connectivity index (χ0v) is 20.7. The zero-order valence-electron chi connectivity index (χ0n) is 19.9. The Morgan fingerprint density at radius 2 is 1.80 bits per heavy atom. The Labute approximate surface area is 206 Å². The summed E-state index contributed by atoms with van der Waals surface area (Å²) in [5.74, 6) is 0.534. The molecule has 3 aromatic rings. The average molecular weight is 496 g/mol. The van der Waals surface area contributed by atoms with E-state index in [1.165, 1.54) is 20.2 Å². The van der Waals surface area contributed by atoms with Crippen molar-refractivity contribution in [3.63, 3.8) is 0 Å². The third-order valence-corrected chi connectivity index (χ3v) is 7.67. The van der Waals surface area contributed by atoms with E-state index in [9.17, 15) is 13.2 Å². The normalized spacial score (nSPS) is 14.1. The smallest absolute Gasteiger partial charge is 0.340 e. The van der Waals surface area contributed by atoms with Crippen molar-refractivity contribution < 1.29 is 22.7 Å². The van der Waals surface area contributed by atoms with Crippen molar-refractivity contribution in [2.75, 3.05) is 32.1 Å². The van der Waals surface area contributed by atoms with Crippen LogP contribution >= 0.6 is 0 Å². The summed E-state index contributed by atoms with van der Waals surface area (Å²) in [4.78, 5) is 19.5. The number of nitrogens with zero attached hydrogens (tertiary/aromatic N) is 3. The Hall–Kier alpha value is -3.43. The van der Waals surface area contributed by atoms with Crippen molar-refractivity contribution >= 4 is 21.7 Å². The fourth-order valence-electron chi connectivity index (χ4n) is 3.94. The predicted molar refractivity (Wildman–Crippen MR) is 133 cm³/mol. The van der Waals surface area contributed by atoms with Crippen LogP contribution in [0.25, 0.3) is 0 Å². The first kappa shape index (κ1) is 24.7. The quantitative estimate of drug-likeness (QED) is 0.426. The van der Waals surface area contributed by atoms with Gasteiger partial charge in [-0.2, -0.15) is 0 Å². The minimum absolute atomic E-state index is 0.0284. The first-order valence-electron chi connectivity index (χ1n) is 11.5. The first-order chi connectivity index (χ1) is 16.9. The predicted octanol–water partition coefficient (Wildman–Crippen LogP) is 4.47. The van der Waals surface area contributed by atoms with Crippen molar-refractivity contribution in [1.29, 1.82) is 0 Å². The van der Waals surface area contributed by atoms with Crippen LogP contribution in [0.1, 0.15) is 35.2 Å². The van der Waals surface area contributed by atoms with Gasteiger partial charge in [0.05, 0.1) is 22.3 Å². The molecule has 184 valence electrons. The third kappa shape index (κ3) is 5.80. The van der Waals surface area contributed by atoms with Crippen LogP contribution in [-0.4, -0.2) is 50.9 Å². The molecule has 0 aliphatic carbocycles. The highest BCUT2D eigenvalue weighted by Crippen LogP contribution is 2.30. The molecule has 1 aromatic heterocycles. The lowest BCUT2D eigenvalue weighted by Crippen LogP contribution is -2.31. The fourth-order valence-corrected chi connectivity index (χ4v) is 4.87. The van der Waals surface area contributed by atoms with E-state index >= 15 is 0 Å². The van der Waals surface area contributed by atoms with Gasteiger partial charge in [0.15, 0.2) is 0 Å². The monoisotopic (exact) mass is 495 g/mol. The van der Waals surface area contributed by atoms with E-state index in [0.29, 0.717) is 22.7 Å². The maximum atomic E-state index is 13.3. The highest BCUT2D eigenvalue weighted by molar-refractivity contribution is 7.89. The Balaban J connectivity index is 1.60. The van der Waals surface area contributed by atoms with Crippen molar-refractivity contribution in [3.8, 4) is 11.5 Å². The number of pyridine rings is 1. The number of piperidine rings is 1. The summed E-state index contributed by atoms with van der Waals surface area (Å²) in [6.07, 6.45) is 6.43. The largest absolute Gasteiger partial charge is 0.457 e. The Bertz CT molecular complexity index is 1270. The standard InChI is InChI=1S/C26H29N3O5S/c1-28(2)35(31,32)22-12-13-24(29-15-6-3-7-16-29)23(17-22)26(30)33-19-20-9-4-5-11-25(20)34-21-10-8-14-27-18-21/h4-5,8-14,17-18H,3,6-7,15-16,19H2,1-2H3. The number of hydrogen-bond donors (Lipinski definition) is 0. The lowest BCUT2D eigenvalue weighted by molar-refractivity contribution is 0.0471. The van der Waals surface area contributed by atoms with Crippen LogP contribution < -0.4 is 9.64 Å². The summed E-state index contributed by atoms with van der Waals surface area (Å²) in [5, 5.41) is 0. The molecule has 2 heterocycles. The van der Waals surface area contributed by atoms with Gasteiger partial charge < -0.3 is 14.4 Å². The molecule has 0 unspecified atom stereocenters. The number of aromatic nitrogens is 1. The van der Waals surface area contributed by atoms with E-state index in [-0.39, 0.29) is 17.1 Å². The van der Waals surface area contributed by atoms with Crippen molar-refractivity contribution in [2.45, 2.75) is 30.8 Å². The number of carbonyl (C=O) groups is 1. The van der Waals surface area contributed by atoms with Gasteiger partial charge in [0.2, 0.25) is 10.0 Å².